The van der Waals surface area contributed by atoms with Gasteiger partial charge >= 0.3 is 0 Å². The fourth-order valence-corrected chi connectivity index (χ4v) is 3.56. The van der Waals surface area contributed by atoms with Crippen LogP contribution in [0.15, 0.2) is 60.7 Å². The molecule has 4 rings (SSSR count). The van der Waals surface area contributed by atoms with Crippen LogP contribution in [0.5, 0.6) is 0 Å². The number of hydrogen-bond donors (Lipinski definition) is 3. The van der Waals surface area contributed by atoms with Gasteiger partial charge in [-0.25, -0.2) is 5.01 Å². The number of hydrogen-bond acceptors (Lipinski definition) is 6. The molecule has 2 aliphatic heterocycles. The number of benzene rings is 2. The third-order valence-electron chi connectivity index (χ3n) is 5.55. The van der Waals surface area contributed by atoms with Crippen molar-refractivity contribution in [3.8, 4) is 0 Å². The largest absolute Gasteiger partial charge is 0.395 e. The lowest BCUT2D eigenvalue weighted by Crippen LogP contribution is -2.40. The molecule has 8 nitrogen and oxygen atoms in total. The van der Waals surface area contributed by atoms with E-state index in [1.54, 1.807) is 11.9 Å². The Balaban J connectivity index is 0.000000176. The molecule has 0 radical (unpaired) electrons. The molecule has 1 atom stereocenters. The molecule has 2 fully saturated rings. The highest BCUT2D eigenvalue weighted by Crippen LogP contribution is 2.32. The molecule has 3 N–H and O–H groups in total. The van der Waals surface area contributed by atoms with Gasteiger partial charge in [-0.3, -0.25) is 25.0 Å². The second-order valence-corrected chi connectivity index (χ2v) is 8.70. The predicted molar refractivity (Wildman–Crippen MR) is 119 cm³/mol. The zero-order valence-corrected chi connectivity index (χ0v) is 18.2. The van der Waals surface area contributed by atoms with Crippen LogP contribution in [0.4, 0.5) is 11.4 Å². The lowest BCUT2D eigenvalue weighted by atomic mass is 9.92. The van der Waals surface area contributed by atoms with Gasteiger partial charge in [-0.15, -0.1) is 0 Å². The van der Waals surface area contributed by atoms with E-state index in [1.807, 2.05) is 79.5 Å². The average Bonchev–Trinajstić information content (AvgIpc) is 3.22. The zero-order chi connectivity index (χ0) is 22.6. The van der Waals surface area contributed by atoms with Crippen molar-refractivity contribution in [2.75, 3.05) is 36.4 Å². The first-order valence-electron chi connectivity index (χ1n) is 10.2. The first kappa shape index (κ1) is 22.6. The number of aliphatic hydroxyl groups is 2. The van der Waals surface area contributed by atoms with Crippen molar-refractivity contribution in [1.29, 1.82) is 0 Å². The number of aliphatic hydroxyl groups excluding tert-OH is 2. The number of carbonyl (C=O) groups excluding carboxylic acids is 2. The highest BCUT2D eigenvalue weighted by molar-refractivity contribution is 5.88. The van der Waals surface area contributed by atoms with Gasteiger partial charge in [-0.2, -0.15) is 0 Å². The van der Waals surface area contributed by atoms with Gasteiger partial charge < -0.3 is 10.2 Å². The highest BCUT2D eigenvalue weighted by Gasteiger charge is 2.44. The summed E-state index contributed by atoms with van der Waals surface area (Å²) in [4.78, 5) is 23.6. The Morgan fingerprint density at radius 3 is 1.90 bits per heavy atom. The maximum Gasteiger partial charge on any atom is 0.250 e. The molecule has 2 amide bonds. The molecule has 2 heterocycles. The Bertz CT molecular complexity index is 906. The van der Waals surface area contributed by atoms with Gasteiger partial charge in [-0.1, -0.05) is 36.4 Å². The Kier molecular flexibility index (Phi) is 6.52. The molecule has 166 valence electrons. The fourth-order valence-electron chi connectivity index (χ4n) is 3.56. The minimum absolute atomic E-state index is 0.0427. The van der Waals surface area contributed by atoms with E-state index in [4.69, 9.17) is 0 Å². The molecular formula is C23H30N4O4. The molecule has 0 aliphatic carbocycles. The molecule has 2 aromatic rings. The van der Waals surface area contributed by atoms with Crippen LogP contribution in [0.25, 0.3) is 0 Å². The quantitative estimate of drug-likeness (QED) is 0.690. The molecule has 31 heavy (non-hydrogen) atoms. The number of para-hydroxylation sites is 2. The molecule has 2 aromatic carbocycles. The second-order valence-electron chi connectivity index (χ2n) is 8.70. The van der Waals surface area contributed by atoms with E-state index < -0.39 is 10.8 Å². The summed E-state index contributed by atoms with van der Waals surface area (Å²) in [6.45, 7) is 6.20. The summed E-state index contributed by atoms with van der Waals surface area (Å²) in [5, 5.41) is 23.4. The van der Waals surface area contributed by atoms with Crippen molar-refractivity contribution < 1.29 is 19.8 Å². The van der Waals surface area contributed by atoms with Gasteiger partial charge in [0.05, 0.1) is 41.9 Å². The minimum Gasteiger partial charge on any atom is -0.395 e. The normalized spacial score (nSPS) is 22.3. The van der Waals surface area contributed by atoms with Gasteiger partial charge in [0, 0.05) is 0 Å². The topological polar surface area (TPSA) is 96.3 Å². The van der Waals surface area contributed by atoms with Crippen molar-refractivity contribution >= 4 is 23.2 Å². The molecule has 8 heteroatoms. The maximum atomic E-state index is 12.0. The summed E-state index contributed by atoms with van der Waals surface area (Å²) in [6.07, 6.45) is 0. The second kappa shape index (κ2) is 8.95. The number of anilines is 2. The van der Waals surface area contributed by atoms with Crippen molar-refractivity contribution in [3.05, 3.63) is 60.7 Å². The van der Waals surface area contributed by atoms with E-state index in [0.29, 0.717) is 13.1 Å². The molecule has 2 saturated heterocycles. The Labute approximate surface area is 182 Å². The molecule has 2 aliphatic rings. The first-order chi connectivity index (χ1) is 14.7. The van der Waals surface area contributed by atoms with Gasteiger partial charge in [0.15, 0.2) is 0 Å². The predicted octanol–water partition coefficient (Wildman–Crippen LogP) is 1.76. The highest BCUT2D eigenvalue weighted by atomic mass is 16.3. The average molecular weight is 427 g/mol. The Hall–Kier alpha value is -3.10. The third-order valence-corrected chi connectivity index (χ3v) is 5.55. The molecule has 0 spiro atoms. The van der Waals surface area contributed by atoms with Crippen LogP contribution in [0.2, 0.25) is 0 Å². The van der Waals surface area contributed by atoms with Crippen LogP contribution < -0.4 is 15.4 Å². The van der Waals surface area contributed by atoms with Crippen molar-refractivity contribution in [1.82, 2.24) is 10.4 Å². The summed E-state index contributed by atoms with van der Waals surface area (Å²) in [6, 6.07) is 19.2. The molecule has 0 saturated carbocycles. The van der Waals surface area contributed by atoms with E-state index in [1.165, 1.54) is 5.01 Å². The maximum absolute atomic E-state index is 12.0. The van der Waals surface area contributed by atoms with E-state index >= 15 is 0 Å². The van der Waals surface area contributed by atoms with Crippen molar-refractivity contribution in [2.24, 2.45) is 10.8 Å². The number of carbonyl (C=O) groups is 2. The summed E-state index contributed by atoms with van der Waals surface area (Å²) >= 11 is 0. The Morgan fingerprint density at radius 1 is 0.871 bits per heavy atom. The number of nitrogens with zero attached hydrogens (tertiary/aromatic N) is 3. The van der Waals surface area contributed by atoms with E-state index in [0.717, 1.165) is 11.4 Å². The van der Waals surface area contributed by atoms with Crippen LogP contribution in [0.3, 0.4) is 0 Å². The molecular weight excluding hydrogens is 396 g/mol. The lowest BCUT2D eigenvalue weighted by molar-refractivity contribution is -0.137. The van der Waals surface area contributed by atoms with Crippen molar-refractivity contribution in [3.63, 3.8) is 0 Å². The van der Waals surface area contributed by atoms with Crippen LogP contribution >= 0.6 is 0 Å². The van der Waals surface area contributed by atoms with E-state index in [2.05, 4.69) is 5.43 Å². The fraction of sp³-hybridized carbons (Fsp3) is 0.391. The van der Waals surface area contributed by atoms with Gasteiger partial charge in [0.25, 0.3) is 5.91 Å². The summed E-state index contributed by atoms with van der Waals surface area (Å²) in [5.41, 5.74) is 3.46. The van der Waals surface area contributed by atoms with Gasteiger partial charge in [0.1, 0.15) is 6.73 Å². The van der Waals surface area contributed by atoms with Crippen molar-refractivity contribution in [2.45, 2.75) is 20.8 Å². The minimum atomic E-state index is -0.699. The van der Waals surface area contributed by atoms with Crippen LogP contribution in [0.1, 0.15) is 20.8 Å². The van der Waals surface area contributed by atoms with Gasteiger partial charge in [0.2, 0.25) is 5.91 Å². The lowest BCUT2D eigenvalue weighted by Gasteiger charge is -2.27. The smallest absolute Gasteiger partial charge is 0.250 e. The SMILES string of the molecule is CC1(C)CN(c2ccccc2)N(CO)C1=O.CC1(CO)CN(c2ccccc2)NC1=O. The number of amides is 2. The molecule has 1 unspecified atom stereocenters. The number of hydrazine groups is 2. The number of rotatable bonds is 4. The molecule has 0 aromatic heterocycles. The van der Waals surface area contributed by atoms with Crippen LogP contribution in [0, 0.1) is 10.8 Å². The third kappa shape index (κ3) is 4.65. The van der Waals surface area contributed by atoms with Gasteiger partial charge in [-0.05, 0) is 45.0 Å². The zero-order valence-electron chi connectivity index (χ0n) is 18.2. The van der Waals surface area contributed by atoms with E-state index in [9.17, 15) is 19.8 Å². The summed E-state index contributed by atoms with van der Waals surface area (Å²) in [5.74, 6) is -0.173. The Morgan fingerprint density at radius 2 is 1.42 bits per heavy atom. The van der Waals surface area contributed by atoms with E-state index in [-0.39, 0.29) is 25.2 Å². The van der Waals surface area contributed by atoms with Crippen LogP contribution in [-0.2, 0) is 9.59 Å². The summed E-state index contributed by atoms with van der Waals surface area (Å²) in [7, 11) is 0. The van der Waals surface area contributed by atoms with Crippen LogP contribution in [-0.4, -0.2) is 53.5 Å². The summed E-state index contributed by atoms with van der Waals surface area (Å²) < 4.78 is 0. The number of nitrogens with one attached hydrogen (secondary N) is 1. The molecule has 0 bridgehead atoms. The monoisotopic (exact) mass is 426 g/mol. The standard InChI is InChI=1S/C12H16N2O2.C11H14N2O2/c1-12(2)8-13(14(9-15)11(12)16)10-6-4-3-5-7-10;1-11(8-14)7-13(12-10(11)15)9-5-3-2-4-6-9/h3-7,15H,8-9H2,1-2H3;2-6,14H,7-8H2,1H3,(H,12,15). The first-order valence-corrected chi connectivity index (χ1v) is 10.2.